The summed E-state index contributed by atoms with van der Waals surface area (Å²) in [6, 6.07) is 2.81. The van der Waals surface area contributed by atoms with Crippen molar-refractivity contribution in [3.05, 3.63) is 23.9 Å². The third kappa shape index (κ3) is 3.37. The summed E-state index contributed by atoms with van der Waals surface area (Å²) < 4.78 is 37.1. The van der Waals surface area contributed by atoms with Gasteiger partial charge in [-0.15, -0.1) is 0 Å². The van der Waals surface area contributed by atoms with Gasteiger partial charge in [-0.1, -0.05) is 6.92 Å². The molecule has 1 heterocycles. The van der Waals surface area contributed by atoms with Crippen molar-refractivity contribution in [1.29, 1.82) is 0 Å². The molecule has 1 aromatic rings. The number of hydrogen-bond donors (Lipinski definition) is 1. The number of hydrogen-bond acceptors (Lipinski definition) is 2. The monoisotopic (exact) mass is 258 g/mol. The third-order valence-electron chi connectivity index (χ3n) is 3.46. The molecular weight excluding hydrogens is 241 g/mol. The van der Waals surface area contributed by atoms with Crippen LogP contribution in [0.15, 0.2) is 18.3 Å². The van der Waals surface area contributed by atoms with Gasteiger partial charge in [-0.3, -0.25) is 0 Å². The topological polar surface area (TPSA) is 24.9 Å². The van der Waals surface area contributed by atoms with Gasteiger partial charge in [0.2, 0.25) is 0 Å². The number of alkyl halides is 3. The summed E-state index contributed by atoms with van der Waals surface area (Å²) in [4.78, 5) is 3.83. The Kier molecular flexibility index (Phi) is 3.78. The second-order valence-electron chi connectivity index (χ2n) is 5.03. The molecule has 0 saturated heterocycles. The first-order chi connectivity index (χ1) is 8.45. The van der Waals surface area contributed by atoms with Crippen molar-refractivity contribution in [3.63, 3.8) is 0 Å². The van der Waals surface area contributed by atoms with E-state index in [4.69, 9.17) is 0 Å². The van der Waals surface area contributed by atoms with E-state index in [9.17, 15) is 13.2 Å². The molecule has 1 aliphatic carbocycles. The Morgan fingerprint density at radius 1 is 1.17 bits per heavy atom. The van der Waals surface area contributed by atoms with Crippen molar-refractivity contribution < 1.29 is 13.2 Å². The summed E-state index contributed by atoms with van der Waals surface area (Å²) in [6.45, 7) is 2.23. The second kappa shape index (κ2) is 5.16. The maximum atomic E-state index is 12.4. The van der Waals surface area contributed by atoms with E-state index in [0.29, 0.717) is 11.9 Å². The maximum absolute atomic E-state index is 12.4. The minimum Gasteiger partial charge on any atom is -0.367 e. The number of nitrogens with one attached hydrogen (secondary N) is 1. The van der Waals surface area contributed by atoms with Gasteiger partial charge in [0, 0.05) is 12.2 Å². The fourth-order valence-corrected chi connectivity index (χ4v) is 2.26. The van der Waals surface area contributed by atoms with Crippen LogP contribution in [0.2, 0.25) is 0 Å². The molecule has 1 N–H and O–H groups in total. The summed E-state index contributed by atoms with van der Waals surface area (Å²) in [7, 11) is 0. The van der Waals surface area contributed by atoms with Crippen LogP contribution in [0.5, 0.6) is 0 Å². The van der Waals surface area contributed by atoms with Crippen LogP contribution in [0.3, 0.4) is 0 Å². The Balaban J connectivity index is 1.94. The van der Waals surface area contributed by atoms with Crippen molar-refractivity contribution in [2.24, 2.45) is 5.92 Å². The Labute approximate surface area is 105 Å². The quantitative estimate of drug-likeness (QED) is 0.864. The summed E-state index contributed by atoms with van der Waals surface area (Å²) in [5.41, 5.74) is -0.703. The molecule has 2 nitrogen and oxygen atoms in total. The second-order valence-corrected chi connectivity index (χ2v) is 5.03. The molecule has 1 aromatic heterocycles. The minimum absolute atomic E-state index is 0.338. The Hall–Kier alpha value is -1.26. The van der Waals surface area contributed by atoms with Crippen LogP contribution >= 0.6 is 0 Å². The fraction of sp³-hybridized carbons (Fsp3) is 0.615. The van der Waals surface area contributed by atoms with Gasteiger partial charge in [-0.25, -0.2) is 4.98 Å². The Morgan fingerprint density at radius 3 is 2.33 bits per heavy atom. The van der Waals surface area contributed by atoms with Crippen molar-refractivity contribution in [2.45, 2.75) is 44.8 Å². The first-order valence-corrected chi connectivity index (χ1v) is 6.25. The smallest absolute Gasteiger partial charge is 0.367 e. The highest BCUT2D eigenvalue weighted by molar-refractivity contribution is 5.37. The summed E-state index contributed by atoms with van der Waals surface area (Å²) >= 11 is 0. The van der Waals surface area contributed by atoms with Gasteiger partial charge >= 0.3 is 6.18 Å². The summed E-state index contributed by atoms with van der Waals surface area (Å²) in [6.07, 6.45) is 1.02. The van der Waals surface area contributed by atoms with E-state index < -0.39 is 11.7 Å². The minimum atomic E-state index is -4.31. The number of anilines is 1. The van der Waals surface area contributed by atoms with Crippen LogP contribution < -0.4 is 5.32 Å². The number of halogens is 3. The molecule has 0 radical (unpaired) electrons. The molecule has 100 valence electrons. The number of nitrogens with zero attached hydrogens (tertiary/aromatic N) is 1. The molecule has 0 unspecified atom stereocenters. The number of pyridine rings is 1. The highest BCUT2D eigenvalue weighted by atomic mass is 19.4. The van der Waals surface area contributed by atoms with Crippen LogP contribution in [0.25, 0.3) is 0 Å². The van der Waals surface area contributed by atoms with E-state index in [-0.39, 0.29) is 0 Å². The molecule has 0 bridgehead atoms. The molecule has 0 atom stereocenters. The summed E-state index contributed by atoms with van der Waals surface area (Å²) in [5.74, 6) is 1.28. The first-order valence-electron chi connectivity index (χ1n) is 6.25. The predicted octanol–water partition coefficient (Wildman–Crippen LogP) is 4.09. The van der Waals surface area contributed by atoms with E-state index in [2.05, 4.69) is 17.2 Å². The maximum Gasteiger partial charge on any atom is 0.417 e. The molecule has 1 aliphatic rings. The fourth-order valence-electron chi connectivity index (χ4n) is 2.26. The van der Waals surface area contributed by atoms with Crippen LogP contribution in [-0.4, -0.2) is 11.0 Å². The van der Waals surface area contributed by atoms with Crippen LogP contribution in [0.1, 0.15) is 38.2 Å². The normalized spacial score (nSPS) is 24.9. The first kappa shape index (κ1) is 13.2. The molecule has 1 fully saturated rings. The van der Waals surface area contributed by atoms with Crippen LogP contribution in [0, 0.1) is 5.92 Å². The van der Waals surface area contributed by atoms with Crippen LogP contribution in [-0.2, 0) is 6.18 Å². The van der Waals surface area contributed by atoms with Gasteiger partial charge in [-0.05, 0) is 43.7 Å². The zero-order chi connectivity index (χ0) is 13.2. The molecule has 5 heteroatoms. The lowest BCUT2D eigenvalue weighted by Crippen LogP contribution is -2.25. The van der Waals surface area contributed by atoms with E-state index in [1.807, 2.05) is 0 Å². The van der Waals surface area contributed by atoms with Gasteiger partial charge in [0.1, 0.15) is 5.82 Å². The van der Waals surface area contributed by atoms with E-state index >= 15 is 0 Å². The largest absolute Gasteiger partial charge is 0.417 e. The van der Waals surface area contributed by atoms with Gasteiger partial charge in [-0.2, -0.15) is 13.2 Å². The lowest BCUT2D eigenvalue weighted by Gasteiger charge is -2.27. The summed E-state index contributed by atoms with van der Waals surface area (Å²) in [5, 5.41) is 3.20. The lowest BCUT2D eigenvalue weighted by molar-refractivity contribution is -0.137. The van der Waals surface area contributed by atoms with Gasteiger partial charge < -0.3 is 5.32 Å². The van der Waals surface area contributed by atoms with Crippen molar-refractivity contribution in [1.82, 2.24) is 4.98 Å². The SMILES string of the molecule is CC1CCC(Nc2ccc(C(F)(F)F)cn2)CC1. The molecule has 1 saturated carbocycles. The van der Waals surface area contributed by atoms with E-state index in [1.165, 1.54) is 6.07 Å². The molecule has 18 heavy (non-hydrogen) atoms. The Bertz CT molecular complexity index is 378. The van der Waals surface area contributed by atoms with Gasteiger partial charge in [0.05, 0.1) is 5.56 Å². The third-order valence-corrected chi connectivity index (χ3v) is 3.46. The molecule has 0 amide bonds. The van der Waals surface area contributed by atoms with Crippen LogP contribution in [0.4, 0.5) is 19.0 Å². The molecule has 0 aromatic carbocycles. The predicted molar refractivity (Wildman–Crippen MR) is 64.3 cm³/mol. The standard InChI is InChI=1S/C13H17F3N2/c1-9-2-5-11(6-3-9)18-12-7-4-10(8-17-12)13(14,15)16/h4,7-9,11H,2-3,5-6H2,1H3,(H,17,18). The van der Waals surface area contributed by atoms with Crippen molar-refractivity contribution >= 4 is 5.82 Å². The van der Waals surface area contributed by atoms with E-state index in [1.54, 1.807) is 0 Å². The molecule has 0 aliphatic heterocycles. The zero-order valence-corrected chi connectivity index (χ0v) is 10.3. The molecule has 0 spiro atoms. The van der Waals surface area contributed by atoms with Crippen molar-refractivity contribution in [3.8, 4) is 0 Å². The molecular formula is C13H17F3N2. The van der Waals surface area contributed by atoms with Crippen molar-refractivity contribution in [2.75, 3.05) is 5.32 Å². The average molecular weight is 258 g/mol. The molecule has 2 rings (SSSR count). The lowest BCUT2D eigenvalue weighted by atomic mass is 9.87. The van der Waals surface area contributed by atoms with Gasteiger partial charge in [0.15, 0.2) is 0 Å². The number of rotatable bonds is 2. The van der Waals surface area contributed by atoms with E-state index in [0.717, 1.165) is 43.9 Å². The highest BCUT2D eigenvalue weighted by Gasteiger charge is 2.30. The number of aromatic nitrogens is 1. The zero-order valence-electron chi connectivity index (χ0n) is 10.3. The Morgan fingerprint density at radius 2 is 1.83 bits per heavy atom. The average Bonchev–Trinajstić information content (AvgIpc) is 2.32. The highest BCUT2D eigenvalue weighted by Crippen LogP contribution is 2.30. The van der Waals surface area contributed by atoms with Gasteiger partial charge in [0.25, 0.3) is 0 Å².